The Morgan fingerprint density at radius 1 is 0.315 bits per heavy atom. The molecule has 0 fully saturated rings. The molecule has 0 N–H and O–H groups in total. The minimum Gasteiger partial charge on any atom is -0.166 e. The normalized spacial score (nSPS) is 11.8. The zero-order valence-corrected chi connectivity index (χ0v) is 30.1. The first kappa shape index (κ1) is 33.9. The van der Waals surface area contributed by atoms with Crippen molar-refractivity contribution in [3.05, 3.63) is 192 Å². The first-order valence-corrected chi connectivity index (χ1v) is 18.3. The molecule has 0 amide bonds. The van der Waals surface area contributed by atoms with Gasteiger partial charge in [0.25, 0.3) is 0 Å². The summed E-state index contributed by atoms with van der Waals surface area (Å²) in [7, 11) is 0. The van der Waals surface area contributed by atoms with Gasteiger partial charge in [-0.1, -0.05) is 126 Å². The van der Waals surface area contributed by atoms with Crippen LogP contribution in [0.15, 0.2) is 176 Å². The molecule has 0 atom stereocenters. The van der Waals surface area contributed by atoms with E-state index >= 15 is 0 Å². The van der Waals surface area contributed by atoms with E-state index in [9.17, 15) is 13.2 Å². The first-order chi connectivity index (χ1) is 26.2. The Morgan fingerprint density at radius 2 is 0.667 bits per heavy atom. The van der Waals surface area contributed by atoms with Gasteiger partial charge in [-0.25, -0.2) is 0 Å². The van der Waals surface area contributed by atoms with Crippen LogP contribution in [0.2, 0.25) is 10.0 Å². The summed E-state index contributed by atoms with van der Waals surface area (Å²) in [5, 5.41) is 15.0. The van der Waals surface area contributed by atoms with E-state index in [0.717, 1.165) is 61.1 Å². The van der Waals surface area contributed by atoms with Crippen LogP contribution in [0.3, 0.4) is 0 Å². The molecule has 0 spiro atoms. The number of alkyl halides is 3. The highest BCUT2D eigenvalue weighted by Gasteiger charge is 2.30. The maximum Gasteiger partial charge on any atom is 0.416 e. The second-order valence-electron chi connectivity index (χ2n) is 13.5. The summed E-state index contributed by atoms with van der Waals surface area (Å²) in [6, 6.07) is 57.2. The van der Waals surface area contributed by atoms with Gasteiger partial charge in [0.15, 0.2) is 0 Å². The number of fused-ring (bicyclic) bond motifs is 6. The van der Waals surface area contributed by atoms with Crippen LogP contribution in [0.4, 0.5) is 13.2 Å². The molecule has 0 unspecified atom stereocenters. The molecule has 0 aliphatic carbocycles. The summed E-state index contributed by atoms with van der Waals surface area (Å²) in [6.45, 7) is 0. The molecule has 0 aliphatic rings. The second kappa shape index (κ2) is 13.5. The van der Waals surface area contributed by atoms with E-state index in [1.807, 2.05) is 60.7 Å². The highest BCUT2D eigenvalue weighted by atomic mass is 35.5. The zero-order valence-electron chi connectivity index (χ0n) is 28.6. The zero-order chi connectivity index (χ0) is 37.0. The fraction of sp³-hybridized carbons (Fsp3) is 0.0204. The van der Waals surface area contributed by atoms with Crippen LogP contribution in [0.25, 0.3) is 86.9 Å². The van der Waals surface area contributed by atoms with Crippen molar-refractivity contribution in [1.82, 2.24) is 0 Å². The van der Waals surface area contributed by atoms with Crippen molar-refractivity contribution >= 4 is 87.8 Å². The van der Waals surface area contributed by atoms with Crippen LogP contribution in [0.5, 0.6) is 0 Å². The maximum atomic E-state index is 13.3. The van der Waals surface area contributed by atoms with E-state index in [2.05, 4.69) is 91.0 Å². The van der Waals surface area contributed by atoms with E-state index in [-0.39, 0.29) is 0 Å². The lowest BCUT2D eigenvalue weighted by atomic mass is 9.85. The van der Waals surface area contributed by atoms with Gasteiger partial charge in [-0.05, 0) is 160 Å². The van der Waals surface area contributed by atoms with Crippen molar-refractivity contribution in [1.29, 1.82) is 0 Å². The molecule has 0 aromatic heterocycles. The van der Waals surface area contributed by atoms with Crippen molar-refractivity contribution in [3.63, 3.8) is 0 Å². The van der Waals surface area contributed by atoms with E-state index in [4.69, 9.17) is 23.2 Å². The summed E-state index contributed by atoms with van der Waals surface area (Å²) >= 11 is 12.7. The third-order valence-electron chi connectivity index (χ3n) is 10.1. The number of halogens is 5. The lowest BCUT2D eigenvalue weighted by Gasteiger charge is -2.19. The third kappa shape index (κ3) is 6.30. The minimum atomic E-state index is -4.40. The SMILES string of the molecule is FC(F)(F)c1ccc(-c2c3ccc(Cl)cc3c(-c3ccc(Cl)cc3)c3cc4ccccc4cc23)cc1.c1ccc2cc3cc4ccccc4cc3cc2c1. The molecule has 0 saturated heterocycles. The van der Waals surface area contributed by atoms with E-state index in [1.165, 1.54) is 32.3 Å². The molecule has 10 rings (SSSR count). The third-order valence-corrected chi connectivity index (χ3v) is 10.6. The average molecular weight is 746 g/mol. The average Bonchev–Trinajstić information content (AvgIpc) is 3.18. The van der Waals surface area contributed by atoms with E-state index in [1.54, 1.807) is 12.1 Å². The predicted molar refractivity (Wildman–Crippen MR) is 224 cm³/mol. The van der Waals surface area contributed by atoms with Crippen molar-refractivity contribution in [2.24, 2.45) is 0 Å². The fourth-order valence-electron chi connectivity index (χ4n) is 7.58. The molecule has 0 radical (unpaired) electrons. The smallest absolute Gasteiger partial charge is 0.166 e. The van der Waals surface area contributed by atoms with Crippen molar-refractivity contribution in [3.8, 4) is 22.3 Å². The predicted octanol–water partition coefficient (Wildman–Crippen LogP) is 16.0. The molecular formula is C49H29Cl2F3. The quantitative estimate of drug-likeness (QED) is 0.155. The lowest BCUT2D eigenvalue weighted by molar-refractivity contribution is -0.137. The highest BCUT2D eigenvalue weighted by molar-refractivity contribution is 6.33. The second-order valence-corrected chi connectivity index (χ2v) is 14.4. The molecule has 54 heavy (non-hydrogen) atoms. The Kier molecular flexibility index (Phi) is 8.50. The Bertz CT molecular complexity index is 2890. The fourth-order valence-corrected chi connectivity index (χ4v) is 7.88. The Hall–Kier alpha value is -5.87. The van der Waals surface area contributed by atoms with Crippen LogP contribution in [-0.2, 0) is 6.18 Å². The standard InChI is InChI=1S/C31H17Cl2F3.C18H12/c32-23-11-7-19(8-12-23)30-27-16-21-4-2-1-3-20(21)15-26(27)29(25-14-13-24(33)17-28(25)30)18-5-9-22(10-6-18)31(34,35)36;1-2-6-14-10-18-12-16-8-4-3-7-15(16)11-17(18)9-13(14)5-1/h1-17H;1-12H. The number of hydrogen-bond donors (Lipinski definition) is 0. The molecule has 0 nitrogen and oxygen atoms in total. The van der Waals surface area contributed by atoms with Gasteiger partial charge in [0, 0.05) is 10.0 Å². The molecule has 0 aliphatic heterocycles. The van der Waals surface area contributed by atoms with Gasteiger partial charge < -0.3 is 0 Å². The van der Waals surface area contributed by atoms with Gasteiger partial charge in [0.05, 0.1) is 5.56 Å². The Balaban J connectivity index is 0.000000177. The van der Waals surface area contributed by atoms with Crippen LogP contribution >= 0.6 is 23.2 Å². The molecule has 5 heteroatoms. The molecule has 0 saturated carbocycles. The summed E-state index contributed by atoms with van der Waals surface area (Å²) in [5.74, 6) is 0. The molecular weight excluding hydrogens is 716 g/mol. The van der Waals surface area contributed by atoms with Gasteiger partial charge in [-0.2, -0.15) is 13.2 Å². The maximum absolute atomic E-state index is 13.3. The van der Waals surface area contributed by atoms with Crippen molar-refractivity contribution < 1.29 is 13.2 Å². The van der Waals surface area contributed by atoms with Gasteiger partial charge in [0.2, 0.25) is 0 Å². The van der Waals surface area contributed by atoms with Gasteiger partial charge in [-0.3, -0.25) is 0 Å². The summed E-state index contributed by atoms with van der Waals surface area (Å²) in [4.78, 5) is 0. The number of hydrogen-bond acceptors (Lipinski definition) is 0. The largest absolute Gasteiger partial charge is 0.416 e. The summed E-state index contributed by atoms with van der Waals surface area (Å²) in [5.41, 5.74) is 2.88. The van der Waals surface area contributed by atoms with Crippen LogP contribution in [0.1, 0.15) is 5.56 Å². The van der Waals surface area contributed by atoms with Gasteiger partial charge in [-0.15, -0.1) is 0 Å². The molecule has 10 aromatic rings. The Labute approximate surface area is 319 Å². The van der Waals surface area contributed by atoms with Crippen LogP contribution in [0, 0.1) is 0 Å². The van der Waals surface area contributed by atoms with E-state index in [0.29, 0.717) is 15.6 Å². The Morgan fingerprint density at radius 3 is 1.09 bits per heavy atom. The lowest BCUT2D eigenvalue weighted by Crippen LogP contribution is -2.04. The molecule has 0 heterocycles. The number of benzene rings is 10. The molecule has 10 aromatic carbocycles. The van der Waals surface area contributed by atoms with Crippen LogP contribution < -0.4 is 0 Å². The monoisotopic (exact) mass is 744 g/mol. The van der Waals surface area contributed by atoms with E-state index < -0.39 is 11.7 Å². The number of rotatable bonds is 2. The molecule has 260 valence electrons. The first-order valence-electron chi connectivity index (χ1n) is 17.5. The highest BCUT2D eigenvalue weighted by Crippen LogP contribution is 2.46. The summed E-state index contributed by atoms with van der Waals surface area (Å²) < 4.78 is 39.9. The minimum absolute atomic E-state index is 0.580. The van der Waals surface area contributed by atoms with Crippen LogP contribution in [-0.4, -0.2) is 0 Å². The summed E-state index contributed by atoms with van der Waals surface area (Å²) in [6.07, 6.45) is -4.40. The molecule has 0 bridgehead atoms. The van der Waals surface area contributed by atoms with Gasteiger partial charge >= 0.3 is 6.18 Å². The van der Waals surface area contributed by atoms with Gasteiger partial charge in [0.1, 0.15) is 0 Å². The topological polar surface area (TPSA) is 0 Å². The van der Waals surface area contributed by atoms with Crippen molar-refractivity contribution in [2.75, 3.05) is 0 Å². The van der Waals surface area contributed by atoms with Crippen molar-refractivity contribution in [2.45, 2.75) is 6.18 Å².